The van der Waals surface area contributed by atoms with Gasteiger partial charge in [-0.1, -0.05) is 30.9 Å². The van der Waals surface area contributed by atoms with Gasteiger partial charge in [-0.3, -0.25) is 14.2 Å². The number of halogens is 2. The van der Waals surface area contributed by atoms with Gasteiger partial charge >= 0.3 is 0 Å². The third-order valence-corrected chi connectivity index (χ3v) is 7.64. The van der Waals surface area contributed by atoms with E-state index >= 15 is 0 Å². The molecule has 180 valence electrons. The first-order valence-corrected chi connectivity index (χ1v) is 12.5. The van der Waals surface area contributed by atoms with E-state index in [1.807, 2.05) is 25.1 Å². The van der Waals surface area contributed by atoms with Crippen molar-refractivity contribution in [2.45, 2.75) is 56.7 Å². The van der Waals surface area contributed by atoms with Crippen LogP contribution in [-0.2, 0) is 11.2 Å². The zero-order chi connectivity index (χ0) is 24.3. The maximum atomic E-state index is 13.4. The number of methoxy groups -OCH3 is 1. The monoisotopic (exact) mass is 500 g/mol. The summed E-state index contributed by atoms with van der Waals surface area (Å²) in [5.74, 6) is 0.420. The maximum absolute atomic E-state index is 13.4. The summed E-state index contributed by atoms with van der Waals surface area (Å²) in [6.45, 7) is 2.42. The fourth-order valence-electron chi connectivity index (χ4n) is 4.88. The number of nitrogens with one attached hydrogen (secondary N) is 1. The molecule has 1 aromatic heterocycles. The number of ether oxygens (including phenoxy) is 1. The molecule has 34 heavy (non-hydrogen) atoms. The summed E-state index contributed by atoms with van der Waals surface area (Å²) >= 11 is 12.7. The van der Waals surface area contributed by atoms with Crippen molar-refractivity contribution in [2.24, 2.45) is 0 Å². The van der Waals surface area contributed by atoms with E-state index < -0.39 is 0 Å². The summed E-state index contributed by atoms with van der Waals surface area (Å²) in [5, 5.41) is 4.44. The summed E-state index contributed by atoms with van der Waals surface area (Å²) in [4.78, 5) is 26.1. The van der Waals surface area contributed by atoms with Gasteiger partial charge in [-0.05, 0) is 74.2 Å². The van der Waals surface area contributed by atoms with Crippen LogP contribution in [0.2, 0.25) is 5.02 Å². The molecule has 2 aromatic carbocycles. The van der Waals surface area contributed by atoms with Crippen molar-refractivity contribution in [1.82, 2.24) is 9.88 Å². The Hall–Kier alpha value is -2.50. The molecule has 1 aliphatic carbocycles. The second-order valence-electron chi connectivity index (χ2n) is 9.08. The van der Waals surface area contributed by atoms with Gasteiger partial charge in [0, 0.05) is 33.1 Å². The van der Waals surface area contributed by atoms with Crippen molar-refractivity contribution >= 4 is 45.9 Å². The van der Waals surface area contributed by atoms with Crippen LogP contribution in [-0.4, -0.2) is 34.9 Å². The molecule has 1 fully saturated rings. The first-order valence-electron chi connectivity index (χ1n) is 11.8. The Labute approximate surface area is 210 Å². The number of fused-ring (bicyclic) bond motifs is 1. The van der Waals surface area contributed by atoms with E-state index in [4.69, 9.17) is 27.9 Å². The van der Waals surface area contributed by atoms with E-state index in [-0.39, 0.29) is 23.1 Å². The highest BCUT2D eigenvalue weighted by molar-refractivity contribution is 6.30. The van der Waals surface area contributed by atoms with Crippen molar-refractivity contribution in [2.75, 3.05) is 13.7 Å². The smallest absolute Gasteiger partial charge is 0.262 e. The quantitative estimate of drug-likeness (QED) is 0.387. The number of benzene rings is 2. The highest BCUT2D eigenvalue weighted by atomic mass is 35.5. The lowest BCUT2D eigenvalue weighted by molar-refractivity contribution is -0.120. The highest BCUT2D eigenvalue weighted by Gasteiger charge is 2.29. The van der Waals surface area contributed by atoms with Crippen LogP contribution in [0.4, 0.5) is 0 Å². The molecule has 0 atom stereocenters. The van der Waals surface area contributed by atoms with Crippen LogP contribution in [0.25, 0.3) is 10.9 Å². The highest BCUT2D eigenvalue weighted by Crippen LogP contribution is 2.36. The fourth-order valence-corrected chi connectivity index (χ4v) is 5.37. The predicted molar refractivity (Wildman–Crippen MR) is 137 cm³/mol. The van der Waals surface area contributed by atoms with Gasteiger partial charge in [0.1, 0.15) is 5.75 Å². The van der Waals surface area contributed by atoms with E-state index in [0.717, 1.165) is 54.3 Å². The van der Waals surface area contributed by atoms with Crippen molar-refractivity contribution in [3.05, 3.63) is 64.3 Å². The Morgan fingerprint density at radius 2 is 1.79 bits per heavy atom. The molecule has 0 radical (unpaired) electrons. The molecule has 1 amide bonds. The minimum atomic E-state index is -0.199. The van der Waals surface area contributed by atoms with Gasteiger partial charge < -0.3 is 10.1 Å². The molecular weight excluding hydrogens is 471 g/mol. The molecule has 0 unspecified atom stereocenters. The number of carbonyl (C=O) groups excluding carboxylic acids is 2. The third kappa shape index (κ3) is 5.26. The summed E-state index contributed by atoms with van der Waals surface area (Å²) < 4.78 is 7.07. The summed E-state index contributed by atoms with van der Waals surface area (Å²) in [6, 6.07) is 12.4. The first-order chi connectivity index (χ1) is 16.3. The normalized spacial score (nSPS) is 15.3. The van der Waals surface area contributed by atoms with E-state index in [0.29, 0.717) is 22.9 Å². The van der Waals surface area contributed by atoms with E-state index in [1.54, 1.807) is 35.9 Å². The Balaban J connectivity index is 1.58. The average Bonchev–Trinajstić information content (AvgIpc) is 3.09. The van der Waals surface area contributed by atoms with Gasteiger partial charge in [0.15, 0.2) is 0 Å². The Kier molecular flexibility index (Phi) is 7.54. The Morgan fingerprint density at radius 3 is 2.47 bits per heavy atom. The summed E-state index contributed by atoms with van der Waals surface area (Å²) in [7, 11) is 1.60. The van der Waals surface area contributed by atoms with Gasteiger partial charge in [0.25, 0.3) is 5.91 Å². The molecule has 1 aliphatic rings. The molecule has 5 nitrogen and oxygen atoms in total. The largest absolute Gasteiger partial charge is 0.497 e. The Bertz CT molecular complexity index is 1190. The van der Waals surface area contributed by atoms with E-state index in [9.17, 15) is 9.59 Å². The number of hydrogen-bond acceptors (Lipinski definition) is 3. The number of hydrogen-bond donors (Lipinski definition) is 1. The van der Waals surface area contributed by atoms with Crippen LogP contribution < -0.4 is 10.1 Å². The molecule has 1 heterocycles. The number of rotatable bonds is 7. The number of carbonyl (C=O) groups is 2. The molecule has 7 heteroatoms. The molecule has 4 rings (SSSR count). The zero-order valence-corrected chi connectivity index (χ0v) is 21.1. The van der Waals surface area contributed by atoms with Crippen molar-refractivity contribution in [3.63, 3.8) is 0 Å². The topological polar surface area (TPSA) is 60.3 Å². The lowest BCUT2D eigenvalue weighted by Crippen LogP contribution is -2.33. The first kappa shape index (κ1) is 24.6. The SMILES string of the molecule is COc1ccc2c(c1)c(CC(=O)NCCC1(Cl)CCCCC1)c(C)n2C(=O)c1ccc(Cl)cc1. The molecule has 0 spiro atoms. The predicted octanol–water partition coefficient (Wildman–Crippen LogP) is 6.29. The van der Waals surface area contributed by atoms with Gasteiger partial charge in [0.2, 0.25) is 5.91 Å². The van der Waals surface area contributed by atoms with Crippen LogP contribution in [0.5, 0.6) is 5.75 Å². The van der Waals surface area contributed by atoms with Crippen molar-refractivity contribution < 1.29 is 14.3 Å². The van der Waals surface area contributed by atoms with Crippen LogP contribution in [0.3, 0.4) is 0 Å². The minimum absolute atomic E-state index is 0.0833. The molecule has 1 N–H and O–H groups in total. The molecule has 0 aliphatic heterocycles. The van der Waals surface area contributed by atoms with E-state index in [1.165, 1.54) is 6.42 Å². The molecule has 1 saturated carbocycles. The lowest BCUT2D eigenvalue weighted by Gasteiger charge is -2.31. The second kappa shape index (κ2) is 10.4. The van der Waals surface area contributed by atoms with Gasteiger partial charge in [0.05, 0.1) is 19.0 Å². The number of alkyl halides is 1. The minimum Gasteiger partial charge on any atom is -0.497 e. The molecular formula is C27H30Cl2N2O3. The number of nitrogens with zero attached hydrogens (tertiary/aromatic N) is 1. The molecule has 3 aromatic rings. The van der Waals surface area contributed by atoms with Crippen LogP contribution in [0, 0.1) is 6.92 Å². The average molecular weight is 501 g/mol. The third-order valence-electron chi connectivity index (χ3n) is 6.82. The number of aromatic nitrogens is 1. The fraction of sp³-hybridized carbons (Fsp3) is 0.407. The standard InChI is InChI=1S/C27H30Cl2N2O3/c1-18-22(17-25(32)30-15-14-27(29)12-4-3-5-13-27)23-16-21(34-2)10-11-24(23)31(18)26(33)19-6-8-20(28)9-7-19/h6-11,16H,3-5,12-15,17H2,1-2H3,(H,30,32). The van der Waals surface area contributed by atoms with Crippen LogP contribution in [0.1, 0.15) is 60.1 Å². The van der Waals surface area contributed by atoms with Gasteiger partial charge in [-0.25, -0.2) is 0 Å². The second-order valence-corrected chi connectivity index (χ2v) is 10.3. The number of amides is 1. The van der Waals surface area contributed by atoms with Crippen molar-refractivity contribution in [3.8, 4) is 5.75 Å². The van der Waals surface area contributed by atoms with E-state index in [2.05, 4.69) is 5.32 Å². The van der Waals surface area contributed by atoms with Crippen LogP contribution >= 0.6 is 23.2 Å². The summed E-state index contributed by atoms with van der Waals surface area (Å²) in [6.07, 6.45) is 6.49. The summed E-state index contributed by atoms with van der Waals surface area (Å²) in [5.41, 5.74) is 2.81. The van der Waals surface area contributed by atoms with Crippen LogP contribution in [0.15, 0.2) is 42.5 Å². The molecule has 0 bridgehead atoms. The zero-order valence-electron chi connectivity index (χ0n) is 19.6. The van der Waals surface area contributed by atoms with Crippen molar-refractivity contribution in [1.29, 1.82) is 0 Å². The lowest BCUT2D eigenvalue weighted by atomic mass is 9.86. The van der Waals surface area contributed by atoms with Gasteiger partial charge in [-0.15, -0.1) is 11.6 Å². The van der Waals surface area contributed by atoms with Gasteiger partial charge in [-0.2, -0.15) is 0 Å². The maximum Gasteiger partial charge on any atom is 0.262 e. The molecule has 0 saturated heterocycles. The Morgan fingerprint density at radius 1 is 1.09 bits per heavy atom.